The van der Waals surface area contributed by atoms with Gasteiger partial charge in [-0.15, -0.1) is 11.3 Å². The Kier molecular flexibility index (Phi) is 5.55. The standard InChI is InChI=1S/C24H26N4O3S/c1-14-19-23(27-18-10-5-11-28(18)24(19)31)32-20(14)22(30)25-13-15-6-4-9-17(12-15)26-21(29)16-7-2-3-8-16/h4,6,9,12,16H,2-3,5,7-8,10-11,13H2,1H3,(H,25,30)(H,26,29). The van der Waals surface area contributed by atoms with E-state index in [0.29, 0.717) is 33.7 Å². The summed E-state index contributed by atoms with van der Waals surface area (Å²) >= 11 is 1.28. The third kappa shape index (κ3) is 3.83. The number of fused-ring (bicyclic) bond motifs is 2. The van der Waals surface area contributed by atoms with Crippen molar-refractivity contribution in [3.63, 3.8) is 0 Å². The molecule has 8 heteroatoms. The van der Waals surface area contributed by atoms with Crippen molar-refractivity contribution >= 4 is 39.1 Å². The van der Waals surface area contributed by atoms with E-state index in [1.54, 1.807) is 4.57 Å². The maximum Gasteiger partial charge on any atom is 0.262 e. The molecule has 2 N–H and O–H groups in total. The van der Waals surface area contributed by atoms with Crippen LogP contribution in [0.15, 0.2) is 29.1 Å². The largest absolute Gasteiger partial charge is 0.347 e. The van der Waals surface area contributed by atoms with Gasteiger partial charge in [0.05, 0.1) is 10.3 Å². The molecule has 1 aliphatic carbocycles. The Morgan fingerprint density at radius 1 is 1.22 bits per heavy atom. The summed E-state index contributed by atoms with van der Waals surface area (Å²) in [5.41, 5.74) is 2.30. The summed E-state index contributed by atoms with van der Waals surface area (Å²) < 4.78 is 1.73. The maximum atomic E-state index is 12.9. The van der Waals surface area contributed by atoms with Crippen molar-refractivity contribution in [3.05, 3.63) is 56.4 Å². The van der Waals surface area contributed by atoms with E-state index >= 15 is 0 Å². The predicted octanol–water partition coefficient (Wildman–Crippen LogP) is 3.77. The van der Waals surface area contributed by atoms with E-state index in [0.717, 1.165) is 55.6 Å². The fourth-order valence-corrected chi connectivity index (χ4v) is 5.85. The molecule has 32 heavy (non-hydrogen) atoms. The number of thiophene rings is 1. The van der Waals surface area contributed by atoms with Gasteiger partial charge in [0.15, 0.2) is 0 Å². The zero-order valence-electron chi connectivity index (χ0n) is 18.1. The number of anilines is 1. The zero-order valence-corrected chi connectivity index (χ0v) is 18.9. The first kappa shape index (κ1) is 20.9. The first-order valence-electron chi connectivity index (χ1n) is 11.2. The number of hydrogen-bond donors (Lipinski definition) is 2. The van der Waals surface area contributed by atoms with Crippen LogP contribution in [0.5, 0.6) is 0 Å². The lowest BCUT2D eigenvalue weighted by Gasteiger charge is -2.12. The Balaban J connectivity index is 1.29. The minimum absolute atomic E-state index is 0.0407. The average molecular weight is 451 g/mol. The van der Waals surface area contributed by atoms with Gasteiger partial charge in [-0.25, -0.2) is 4.98 Å². The van der Waals surface area contributed by atoms with Crippen molar-refractivity contribution in [2.45, 2.75) is 58.5 Å². The Morgan fingerprint density at radius 2 is 2.03 bits per heavy atom. The van der Waals surface area contributed by atoms with Crippen LogP contribution in [0.1, 0.15) is 58.7 Å². The van der Waals surface area contributed by atoms with Crippen LogP contribution in [0, 0.1) is 12.8 Å². The number of aromatic nitrogens is 2. The third-order valence-electron chi connectivity index (χ3n) is 6.49. The molecule has 3 aromatic rings. The molecule has 3 heterocycles. The molecule has 1 saturated carbocycles. The van der Waals surface area contributed by atoms with Crippen molar-refractivity contribution in [3.8, 4) is 0 Å². The minimum Gasteiger partial charge on any atom is -0.347 e. The molecule has 1 aromatic carbocycles. The molecule has 0 saturated heterocycles. The first-order chi connectivity index (χ1) is 15.5. The van der Waals surface area contributed by atoms with Crippen molar-refractivity contribution < 1.29 is 9.59 Å². The summed E-state index contributed by atoms with van der Waals surface area (Å²) in [6, 6.07) is 7.56. The molecule has 0 spiro atoms. The Morgan fingerprint density at radius 3 is 2.84 bits per heavy atom. The van der Waals surface area contributed by atoms with E-state index in [2.05, 4.69) is 15.6 Å². The molecule has 2 aliphatic rings. The SMILES string of the molecule is Cc1c(C(=O)NCc2cccc(NC(=O)C3CCCC3)c2)sc2nc3n(c(=O)c12)CCC3. The second kappa shape index (κ2) is 8.50. The van der Waals surface area contributed by atoms with E-state index in [1.165, 1.54) is 11.3 Å². The van der Waals surface area contributed by atoms with Crippen LogP contribution in [0.3, 0.4) is 0 Å². The lowest BCUT2D eigenvalue weighted by atomic mass is 10.1. The maximum absolute atomic E-state index is 12.9. The number of amides is 2. The van der Waals surface area contributed by atoms with Crippen LogP contribution >= 0.6 is 11.3 Å². The molecule has 7 nitrogen and oxygen atoms in total. The van der Waals surface area contributed by atoms with Gasteiger partial charge < -0.3 is 10.6 Å². The molecule has 166 valence electrons. The number of carbonyl (C=O) groups is 2. The second-order valence-electron chi connectivity index (χ2n) is 8.68. The van der Waals surface area contributed by atoms with Gasteiger partial charge in [-0.05, 0) is 49.4 Å². The number of rotatable bonds is 5. The summed E-state index contributed by atoms with van der Waals surface area (Å²) in [7, 11) is 0. The zero-order chi connectivity index (χ0) is 22.2. The molecular weight excluding hydrogens is 424 g/mol. The van der Waals surface area contributed by atoms with E-state index in [9.17, 15) is 14.4 Å². The van der Waals surface area contributed by atoms with Gasteiger partial charge in [0.1, 0.15) is 10.7 Å². The number of carbonyl (C=O) groups excluding carboxylic acids is 2. The topological polar surface area (TPSA) is 93.1 Å². The first-order valence-corrected chi connectivity index (χ1v) is 12.0. The second-order valence-corrected chi connectivity index (χ2v) is 9.68. The van der Waals surface area contributed by atoms with Crippen molar-refractivity contribution in [1.82, 2.24) is 14.9 Å². The summed E-state index contributed by atoms with van der Waals surface area (Å²) in [5, 5.41) is 6.51. The highest BCUT2D eigenvalue weighted by Crippen LogP contribution is 2.29. The van der Waals surface area contributed by atoms with Crippen molar-refractivity contribution in [2.75, 3.05) is 5.32 Å². The minimum atomic E-state index is -0.213. The molecular formula is C24H26N4O3S. The van der Waals surface area contributed by atoms with E-state index in [-0.39, 0.29) is 23.3 Å². The van der Waals surface area contributed by atoms with Gasteiger partial charge in [-0.1, -0.05) is 25.0 Å². The number of hydrogen-bond acceptors (Lipinski definition) is 5. The number of nitrogens with one attached hydrogen (secondary N) is 2. The van der Waals surface area contributed by atoms with Crippen LogP contribution < -0.4 is 16.2 Å². The van der Waals surface area contributed by atoms with Crippen LogP contribution in [0.4, 0.5) is 5.69 Å². The molecule has 0 unspecified atom stereocenters. The normalized spacial score (nSPS) is 15.8. The highest BCUT2D eigenvalue weighted by Gasteiger charge is 2.24. The predicted molar refractivity (Wildman–Crippen MR) is 125 cm³/mol. The highest BCUT2D eigenvalue weighted by atomic mass is 32.1. The number of aryl methyl sites for hydroxylation is 2. The van der Waals surface area contributed by atoms with E-state index in [4.69, 9.17) is 0 Å². The third-order valence-corrected chi connectivity index (χ3v) is 7.68. The van der Waals surface area contributed by atoms with E-state index in [1.807, 2.05) is 31.2 Å². The van der Waals surface area contributed by atoms with Crippen LogP contribution in [-0.2, 0) is 24.3 Å². The summed E-state index contributed by atoms with van der Waals surface area (Å²) in [5.74, 6) is 0.784. The quantitative estimate of drug-likeness (QED) is 0.619. The Hall–Kier alpha value is -3.00. The summed E-state index contributed by atoms with van der Waals surface area (Å²) in [6.45, 7) is 2.85. The Labute approximate surface area is 189 Å². The lowest BCUT2D eigenvalue weighted by Crippen LogP contribution is -2.23. The number of nitrogens with zero attached hydrogens (tertiary/aromatic N) is 2. The van der Waals surface area contributed by atoms with Crippen molar-refractivity contribution in [2.24, 2.45) is 5.92 Å². The molecule has 2 aromatic heterocycles. The van der Waals surface area contributed by atoms with Gasteiger partial charge in [-0.3, -0.25) is 19.0 Å². The van der Waals surface area contributed by atoms with Crippen LogP contribution in [-0.4, -0.2) is 21.4 Å². The highest BCUT2D eigenvalue weighted by molar-refractivity contribution is 7.20. The average Bonchev–Trinajstić information content (AvgIpc) is 3.53. The van der Waals surface area contributed by atoms with Crippen LogP contribution in [0.2, 0.25) is 0 Å². The van der Waals surface area contributed by atoms with Gasteiger partial charge >= 0.3 is 0 Å². The van der Waals surface area contributed by atoms with Crippen LogP contribution in [0.25, 0.3) is 10.2 Å². The molecule has 0 atom stereocenters. The van der Waals surface area contributed by atoms with Crippen molar-refractivity contribution in [1.29, 1.82) is 0 Å². The summed E-state index contributed by atoms with van der Waals surface area (Å²) in [4.78, 5) is 43.9. The summed E-state index contributed by atoms with van der Waals surface area (Å²) in [6.07, 6.45) is 5.89. The lowest BCUT2D eigenvalue weighted by molar-refractivity contribution is -0.119. The molecule has 1 fully saturated rings. The molecule has 1 aliphatic heterocycles. The fraction of sp³-hybridized carbons (Fsp3) is 0.417. The molecule has 5 rings (SSSR count). The van der Waals surface area contributed by atoms with E-state index < -0.39 is 0 Å². The molecule has 2 amide bonds. The Bertz CT molecular complexity index is 1270. The van der Waals surface area contributed by atoms with Gasteiger partial charge in [0.25, 0.3) is 11.5 Å². The smallest absolute Gasteiger partial charge is 0.262 e. The number of benzene rings is 1. The monoisotopic (exact) mass is 450 g/mol. The van der Waals surface area contributed by atoms with Gasteiger partial charge in [0, 0.05) is 31.1 Å². The molecule has 0 bridgehead atoms. The fourth-order valence-electron chi connectivity index (χ4n) is 4.75. The van der Waals surface area contributed by atoms with Gasteiger partial charge in [0.2, 0.25) is 5.91 Å². The van der Waals surface area contributed by atoms with Gasteiger partial charge in [-0.2, -0.15) is 0 Å². The molecule has 0 radical (unpaired) electrons.